The molecule has 0 spiro atoms. The summed E-state index contributed by atoms with van der Waals surface area (Å²) >= 11 is 3.53. The molecular formula is C17H26BrN. The lowest BCUT2D eigenvalue weighted by Gasteiger charge is -2.27. The van der Waals surface area contributed by atoms with E-state index < -0.39 is 0 Å². The minimum absolute atomic E-state index is 0.538. The minimum atomic E-state index is 0.538. The van der Waals surface area contributed by atoms with Crippen molar-refractivity contribution in [2.24, 2.45) is 5.92 Å². The maximum atomic E-state index is 3.74. The Morgan fingerprint density at radius 1 is 1.16 bits per heavy atom. The summed E-state index contributed by atoms with van der Waals surface area (Å²) in [5.74, 6) is 0.923. The van der Waals surface area contributed by atoms with Gasteiger partial charge in [0.05, 0.1) is 0 Å². The van der Waals surface area contributed by atoms with Crippen molar-refractivity contribution < 1.29 is 0 Å². The number of benzene rings is 1. The summed E-state index contributed by atoms with van der Waals surface area (Å²) < 4.78 is 1.17. The summed E-state index contributed by atoms with van der Waals surface area (Å²) in [5.41, 5.74) is 1.45. The average molecular weight is 324 g/mol. The van der Waals surface area contributed by atoms with E-state index in [1.165, 1.54) is 55.0 Å². The molecule has 0 heterocycles. The van der Waals surface area contributed by atoms with E-state index in [1.54, 1.807) is 0 Å². The fraction of sp³-hybridized carbons (Fsp3) is 0.647. The molecule has 0 radical (unpaired) electrons. The zero-order valence-electron chi connectivity index (χ0n) is 12.0. The van der Waals surface area contributed by atoms with Crippen LogP contribution < -0.4 is 5.32 Å². The molecule has 1 saturated carbocycles. The SMILES string of the molecule is CCCNC(CC1CCCCC1)c1ccc(Br)cc1. The van der Waals surface area contributed by atoms with Crippen molar-refractivity contribution in [2.75, 3.05) is 6.54 Å². The van der Waals surface area contributed by atoms with Crippen LogP contribution in [0.15, 0.2) is 28.7 Å². The van der Waals surface area contributed by atoms with E-state index in [-0.39, 0.29) is 0 Å². The second kappa shape index (κ2) is 8.06. The third kappa shape index (κ3) is 4.92. The Kier molecular flexibility index (Phi) is 6.39. The zero-order chi connectivity index (χ0) is 13.5. The summed E-state index contributed by atoms with van der Waals surface area (Å²) in [5, 5.41) is 3.74. The first kappa shape index (κ1) is 15.1. The van der Waals surface area contributed by atoms with E-state index in [0.717, 1.165) is 12.5 Å². The molecule has 1 nitrogen and oxygen atoms in total. The van der Waals surface area contributed by atoms with E-state index in [4.69, 9.17) is 0 Å². The lowest BCUT2D eigenvalue weighted by molar-refractivity contribution is 0.300. The van der Waals surface area contributed by atoms with Gasteiger partial charge in [0, 0.05) is 10.5 Å². The number of hydrogen-bond acceptors (Lipinski definition) is 1. The highest BCUT2D eigenvalue weighted by Crippen LogP contribution is 2.32. The predicted octanol–water partition coefficient (Wildman–Crippen LogP) is 5.46. The molecule has 0 aliphatic heterocycles. The first-order valence-electron chi connectivity index (χ1n) is 7.78. The Labute approximate surface area is 126 Å². The van der Waals surface area contributed by atoms with Crippen LogP contribution in [0.5, 0.6) is 0 Å². The largest absolute Gasteiger partial charge is 0.310 e. The molecule has 1 aliphatic carbocycles. The molecule has 2 rings (SSSR count). The van der Waals surface area contributed by atoms with Crippen molar-refractivity contribution in [3.05, 3.63) is 34.3 Å². The summed E-state index contributed by atoms with van der Waals surface area (Å²) in [4.78, 5) is 0. The van der Waals surface area contributed by atoms with Gasteiger partial charge >= 0.3 is 0 Å². The van der Waals surface area contributed by atoms with Gasteiger partial charge in [-0.1, -0.05) is 67.1 Å². The quantitative estimate of drug-likeness (QED) is 0.732. The topological polar surface area (TPSA) is 12.0 Å². The second-order valence-corrected chi connectivity index (χ2v) is 6.71. The van der Waals surface area contributed by atoms with E-state index in [9.17, 15) is 0 Å². The lowest BCUT2D eigenvalue weighted by Crippen LogP contribution is -2.25. The molecular weight excluding hydrogens is 298 g/mol. The average Bonchev–Trinajstić information content (AvgIpc) is 2.45. The Morgan fingerprint density at radius 2 is 1.84 bits per heavy atom. The Morgan fingerprint density at radius 3 is 2.47 bits per heavy atom. The number of hydrogen-bond donors (Lipinski definition) is 1. The summed E-state index contributed by atoms with van der Waals surface area (Å²) in [6.07, 6.45) is 9.69. The second-order valence-electron chi connectivity index (χ2n) is 5.80. The van der Waals surface area contributed by atoms with Crippen LogP contribution in [-0.4, -0.2) is 6.54 Å². The molecule has 1 fully saturated rings. The standard InChI is InChI=1S/C17H26BrN/c1-2-12-19-17(13-14-6-4-3-5-7-14)15-8-10-16(18)11-9-15/h8-11,14,17,19H,2-7,12-13H2,1H3. The summed E-state index contributed by atoms with van der Waals surface area (Å²) in [6, 6.07) is 9.39. The predicted molar refractivity (Wildman–Crippen MR) is 86.4 cm³/mol. The molecule has 1 aliphatic rings. The summed E-state index contributed by atoms with van der Waals surface area (Å²) in [7, 11) is 0. The molecule has 19 heavy (non-hydrogen) atoms. The smallest absolute Gasteiger partial charge is 0.0322 e. The molecule has 0 saturated heterocycles. The van der Waals surface area contributed by atoms with Crippen LogP contribution >= 0.6 is 15.9 Å². The molecule has 0 bridgehead atoms. The van der Waals surface area contributed by atoms with Gasteiger partial charge in [-0.15, -0.1) is 0 Å². The van der Waals surface area contributed by atoms with Gasteiger partial charge in [-0.3, -0.25) is 0 Å². The molecule has 0 aromatic heterocycles. The monoisotopic (exact) mass is 323 g/mol. The maximum Gasteiger partial charge on any atom is 0.0322 e. The molecule has 2 heteroatoms. The fourth-order valence-corrected chi connectivity index (χ4v) is 3.37. The third-order valence-corrected chi connectivity index (χ3v) is 4.74. The van der Waals surface area contributed by atoms with Gasteiger partial charge in [-0.25, -0.2) is 0 Å². The number of rotatable bonds is 6. The van der Waals surface area contributed by atoms with Crippen LogP contribution in [0.1, 0.15) is 63.5 Å². The van der Waals surface area contributed by atoms with Gasteiger partial charge in [-0.2, -0.15) is 0 Å². The highest BCUT2D eigenvalue weighted by atomic mass is 79.9. The number of halogens is 1. The molecule has 106 valence electrons. The highest BCUT2D eigenvalue weighted by Gasteiger charge is 2.19. The fourth-order valence-electron chi connectivity index (χ4n) is 3.11. The van der Waals surface area contributed by atoms with Crippen molar-refractivity contribution in [1.29, 1.82) is 0 Å². The molecule has 1 N–H and O–H groups in total. The van der Waals surface area contributed by atoms with Crippen LogP contribution in [0.25, 0.3) is 0 Å². The van der Waals surface area contributed by atoms with Crippen LogP contribution in [0.3, 0.4) is 0 Å². The third-order valence-electron chi connectivity index (χ3n) is 4.21. The lowest BCUT2D eigenvalue weighted by atomic mass is 9.83. The van der Waals surface area contributed by atoms with E-state index in [2.05, 4.69) is 52.4 Å². The van der Waals surface area contributed by atoms with E-state index in [0.29, 0.717) is 6.04 Å². The molecule has 1 atom stereocenters. The Balaban J connectivity index is 1.99. The van der Waals surface area contributed by atoms with Crippen molar-refractivity contribution in [1.82, 2.24) is 5.32 Å². The first-order chi connectivity index (χ1) is 9.29. The normalized spacial score (nSPS) is 18.4. The first-order valence-corrected chi connectivity index (χ1v) is 8.57. The van der Waals surface area contributed by atoms with Gasteiger partial charge in [0.25, 0.3) is 0 Å². The van der Waals surface area contributed by atoms with E-state index in [1.807, 2.05) is 0 Å². The van der Waals surface area contributed by atoms with E-state index >= 15 is 0 Å². The van der Waals surface area contributed by atoms with Crippen molar-refractivity contribution >= 4 is 15.9 Å². The Hall–Kier alpha value is -0.340. The zero-order valence-corrected chi connectivity index (χ0v) is 13.6. The van der Waals surface area contributed by atoms with Gasteiger partial charge in [0.2, 0.25) is 0 Å². The maximum absolute atomic E-state index is 3.74. The molecule has 0 amide bonds. The van der Waals surface area contributed by atoms with Gasteiger partial charge in [-0.05, 0) is 43.0 Å². The van der Waals surface area contributed by atoms with Crippen molar-refractivity contribution in [3.63, 3.8) is 0 Å². The van der Waals surface area contributed by atoms with Crippen molar-refractivity contribution in [3.8, 4) is 0 Å². The van der Waals surface area contributed by atoms with Gasteiger partial charge in [0.1, 0.15) is 0 Å². The molecule has 1 aromatic rings. The summed E-state index contributed by atoms with van der Waals surface area (Å²) in [6.45, 7) is 3.36. The minimum Gasteiger partial charge on any atom is -0.310 e. The molecule has 1 unspecified atom stereocenters. The highest BCUT2D eigenvalue weighted by molar-refractivity contribution is 9.10. The van der Waals surface area contributed by atoms with Gasteiger partial charge in [0.15, 0.2) is 0 Å². The van der Waals surface area contributed by atoms with Crippen molar-refractivity contribution in [2.45, 2.75) is 57.9 Å². The van der Waals surface area contributed by atoms with Crippen LogP contribution in [-0.2, 0) is 0 Å². The van der Waals surface area contributed by atoms with Crippen LogP contribution in [0.4, 0.5) is 0 Å². The van der Waals surface area contributed by atoms with Crippen LogP contribution in [0, 0.1) is 5.92 Å². The molecule has 1 aromatic carbocycles. The Bertz CT molecular complexity index is 354. The number of nitrogens with one attached hydrogen (secondary N) is 1. The van der Waals surface area contributed by atoms with Gasteiger partial charge < -0.3 is 5.32 Å². The van der Waals surface area contributed by atoms with Crippen LogP contribution in [0.2, 0.25) is 0 Å².